The number of hydrazine groups is 1. The van der Waals surface area contributed by atoms with Crippen molar-refractivity contribution in [2.24, 2.45) is 0 Å². The van der Waals surface area contributed by atoms with Crippen LogP contribution in [0.4, 0.5) is 0 Å². The molecule has 0 aliphatic rings. The van der Waals surface area contributed by atoms with E-state index in [4.69, 9.17) is 0 Å². The van der Waals surface area contributed by atoms with Crippen LogP contribution in [0, 0.1) is 0 Å². The Labute approximate surface area is 136 Å². The lowest BCUT2D eigenvalue weighted by Crippen LogP contribution is -2.36. The molecular formula is C16H14N4O2S. The number of phenolic OH excluding ortho intramolecular Hbond substituents is 1. The zero-order chi connectivity index (χ0) is 16.2. The van der Waals surface area contributed by atoms with Crippen LogP contribution in [0.2, 0.25) is 0 Å². The maximum Gasteiger partial charge on any atom is 0.290 e. The molecule has 0 saturated carbocycles. The average Bonchev–Trinajstić information content (AvgIpc) is 3.23. The number of aromatic amines is 1. The van der Waals surface area contributed by atoms with Gasteiger partial charge in [-0.2, -0.15) is 5.10 Å². The quantitative estimate of drug-likeness (QED) is 0.543. The molecule has 2 aromatic heterocycles. The van der Waals surface area contributed by atoms with Gasteiger partial charge in [0.1, 0.15) is 5.75 Å². The normalized spacial score (nSPS) is 10.3. The van der Waals surface area contributed by atoms with E-state index in [9.17, 15) is 9.90 Å². The highest BCUT2D eigenvalue weighted by Gasteiger charge is 2.12. The van der Waals surface area contributed by atoms with Gasteiger partial charge in [0.25, 0.3) is 5.91 Å². The summed E-state index contributed by atoms with van der Waals surface area (Å²) in [6.07, 6.45) is 0. The molecule has 1 aromatic carbocycles. The molecule has 0 bridgehead atoms. The summed E-state index contributed by atoms with van der Waals surface area (Å²) in [6.45, 7) is 3.83. The second kappa shape index (κ2) is 6.37. The first kappa shape index (κ1) is 14.9. The van der Waals surface area contributed by atoms with Gasteiger partial charge >= 0.3 is 0 Å². The highest BCUT2D eigenvalue weighted by atomic mass is 32.1. The van der Waals surface area contributed by atoms with Crippen LogP contribution in [0.15, 0.2) is 54.4 Å². The van der Waals surface area contributed by atoms with Gasteiger partial charge in [0, 0.05) is 0 Å². The Kier molecular flexibility index (Phi) is 4.11. The van der Waals surface area contributed by atoms with Gasteiger partial charge in [-0.25, -0.2) is 0 Å². The molecule has 6 nitrogen and oxygen atoms in total. The summed E-state index contributed by atoms with van der Waals surface area (Å²) in [7, 11) is 0. The van der Waals surface area contributed by atoms with E-state index in [0.717, 1.165) is 16.1 Å². The first-order chi connectivity index (χ1) is 11.1. The van der Waals surface area contributed by atoms with Gasteiger partial charge in [-0.05, 0) is 47.3 Å². The third-order valence-electron chi connectivity index (χ3n) is 3.14. The minimum Gasteiger partial charge on any atom is -0.508 e. The third kappa shape index (κ3) is 3.41. The van der Waals surface area contributed by atoms with Crippen LogP contribution in [0.1, 0.15) is 16.1 Å². The Bertz CT molecular complexity index is 822. The molecule has 3 aromatic rings. The first-order valence-corrected chi connectivity index (χ1v) is 7.65. The van der Waals surface area contributed by atoms with Gasteiger partial charge in [-0.1, -0.05) is 12.6 Å². The highest BCUT2D eigenvalue weighted by Crippen LogP contribution is 2.22. The van der Waals surface area contributed by atoms with Crippen LogP contribution in [0.3, 0.4) is 0 Å². The molecule has 0 atom stereocenters. The molecule has 0 fully saturated rings. The molecule has 23 heavy (non-hydrogen) atoms. The predicted octanol–water partition coefficient (Wildman–Crippen LogP) is 2.75. The number of nitrogens with one attached hydrogen (secondary N) is 3. The second-order valence-corrected chi connectivity index (χ2v) is 5.70. The lowest BCUT2D eigenvalue weighted by atomic mass is 10.2. The number of benzene rings is 1. The fourth-order valence-corrected chi connectivity index (χ4v) is 2.62. The Morgan fingerprint density at radius 2 is 2.00 bits per heavy atom. The van der Waals surface area contributed by atoms with Crippen molar-refractivity contribution in [1.82, 2.24) is 21.0 Å². The molecule has 116 valence electrons. The van der Waals surface area contributed by atoms with E-state index in [1.165, 1.54) is 0 Å². The summed E-state index contributed by atoms with van der Waals surface area (Å²) >= 11 is 1.56. The van der Waals surface area contributed by atoms with E-state index in [-0.39, 0.29) is 17.4 Å². The van der Waals surface area contributed by atoms with Crippen molar-refractivity contribution >= 4 is 22.9 Å². The first-order valence-electron chi connectivity index (χ1n) is 6.77. The van der Waals surface area contributed by atoms with Gasteiger partial charge in [-0.3, -0.25) is 20.7 Å². The summed E-state index contributed by atoms with van der Waals surface area (Å²) < 4.78 is 0. The SMILES string of the molecule is C=C(NNC(=O)c1cc(-c2cccs2)[nH]n1)c1ccc(O)cc1. The number of nitrogens with zero attached hydrogens (tertiary/aromatic N) is 1. The number of carbonyl (C=O) groups is 1. The molecule has 2 heterocycles. The van der Waals surface area contributed by atoms with Crippen LogP contribution in [-0.2, 0) is 0 Å². The van der Waals surface area contributed by atoms with E-state index in [2.05, 4.69) is 27.6 Å². The van der Waals surface area contributed by atoms with E-state index in [0.29, 0.717) is 5.70 Å². The van der Waals surface area contributed by atoms with Crippen LogP contribution < -0.4 is 10.9 Å². The molecule has 0 aliphatic carbocycles. The zero-order valence-corrected chi connectivity index (χ0v) is 12.9. The van der Waals surface area contributed by atoms with Gasteiger partial charge < -0.3 is 5.11 Å². The summed E-state index contributed by atoms with van der Waals surface area (Å²) in [5.74, 6) is -0.202. The summed E-state index contributed by atoms with van der Waals surface area (Å²) in [5.41, 5.74) is 7.61. The van der Waals surface area contributed by atoms with Crippen LogP contribution in [-0.4, -0.2) is 21.2 Å². The van der Waals surface area contributed by atoms with Crippen molar-refractivity contribution in [3.05, 3.63) is 65.7 Å². The van der Waals surface area contributed by atoms with Crippen molar-refractivity contribution in [2.45, 2.75) is 0 Å². The van der Waals surface area contributed by atoms with Crippen molar-refractivity contribution in [1.29, 1.82) is 0 Å². The lowest BCUT2D eigenvalue weighted by Gasteiger charge is -2.10. The number of H-pyrrole nitrogens is 1. The number of carbonyl (C=O) groups excluding carboxylic acids is 1. The molecule has 7 heteroatoms. The number of hydrogen-bond acceptors (Lipinski definition) is 5. The predicted molar refractivity (Wildman–Crippen MR) is 89.6 cm³/mol. The van der Waals surface area contributed by atoms with E-state index < -0.39 is 0 Å². The van der Waals surface area contributed by atoms with Gasteiger partial charge in [0.05, 0.1) is 16.3 Å². The molecule has 3 rings (SSSR count). The van der Waals surface area contributed by atoms with Gasteiger partial charge in [0.2, 0.25) is 0 Å². The number of aromatic hydroxyl groups is 1. The molecule has 0 aliphatic heterocycles. The summed E-state index contributed by atoms with van der Waals surface area (Å²) in [5, 5.41) is 18.1. The number of hydrogen-bond donors (Lipinski definition) is 4. The molecule has 1 amide bonds. The smallest absolute Gasteiger partial charge is 0.290 e. The topological polar surface area (TPSA) is 90.0 Å². The molecule has 0 radical (unpaired) electrons. The van der Waals surface area contributed by atoms with Crippen LogP contribution in [0.25, 0.3) is 16.3 Å². The summed E-state index contributed by atoms with van der Waals surface area (Å²) in [6, 6.07) is 12.1. The fraction of sp³-hybridized carbons (Fsp3) is 0. The van der Waals surface area contributed by atoms with E-state index >= 15 is 0 Å². The average molecular weight is 326 g/mol. The fourth-order valence-electron chi connectivity index (χ4n) is 1.93. The van der Waals surface area contributed by atoms with Crippen molar-refractivity contribution in [3.63, 3.8) is 0 Å². The highest BCUT2D eigenvalue weighted by molar-refractivity contribution is 7.13. The van der Waals surface area contributed by atoms with Crippen molar-refractivity contribution in [2.75, 3.05) is 0 Å². The Balaban J connectivity index is 1.61. The molecule has 0 unspecified atom stereocenters. The number of aromatic nitrogens is 2. The van der Waals surface area contributed by atoms with Gasteiger partial charge in [-0.15, -0.1) is 11.3 Å². The molecule has 0 saturated heterocycles. The Morgan fingerprint density at radius 3 is 2.70 bits per heavy atom. The summed E-state index contributed by atoms with van der Waals surface area (Å²) in [4.78, 5) is 13.1. The van der Waals surface area contributed by atoms with Crippen LogP contribution >= 0.6 is 11.3 Å². The maximum absolute atomic E-state index is 12.1. The largest absolute Gasteiger partial charge is 0.508 e. The molecular weight excluding hydrogens is 312 g/mol. The Hall–Kier alpha value is -3.06. The number of thiophene rings is 1. The van der Waals surface area contributed by atoms with E-state index in [1.807, 2.05) is 17.5 Å². The maximum atomic E-state index is 12.1. The monoisotopic (exact) mass is 326 g/mol. The zero-order valence-electron chi connectivity index (χ0n) is 12.0. The number of phenols is 1. The van der Waals surface area contributed by atoms with Crippen molar-refractivity contribution < 1.29 is 9.90 Å². The van der Waals surface area contributed by atoms with Crippen molar-refractivity contribution in [3.8, 4) is 16.3 Å². The Morgan fingerprint density at radius 1 is 1.22 bits per heavy atom. The number of rotatable bonds is 5. The molecule has 0 spiro atoms. The van der Waals surface area contributed by atoms with E-state index in [1.54, 1.807) is 41.7 Å². The molecule has 4 N–H and O–H groups in total. The standard InChI is InChI=1S/C16H14N4O2S/c1-10(11-4-6-12(21)7-5-11)17-20-16(22)14-9-13(18-19-14)15-3-2-8-23-15/h2-9,17,21H,1H2,(H,18,19)(H,20,22). The minimum atomic E-state index is -0.371. The second-order valence-electron chi connectivity index (χ2n) is 4.75. The van der Waals surface area contributed by atoms with Crippen LogP contribution in [0.5, 0.6) is 5.75 Å². The lowest BCUT2D eigenvalue weighted by molar-refractivity contribution is 0.0937. The van der Waals surface area contributed by atoms with Gasteiger partial charge in [0.15, 0.2) is 5.69 Å². The minimum absolute atomic E-state index is 0.170. The third-order valence-corrected chi connectivity index (χ3v) is 4.04. The number of amides is 1.